The molecule has 0 N–H and O–H groups in total. The molecule has 5 nitrogen and oxygen atoms in total. The Labute approximate surface area is 210 Å². The van der Waals surface area contributed by atoms with E-state index in [2.05, 4.69) is 72.7 Å². The SMILES string of the molecule is CCCc1nn(-c2cccc(F)c2)c(N2CCN(CC)CC2)c1CN(Cc1ccccc1)C(C)C. The van der Waals surface area contributed by atoms with Gasteiger partial charge in [-0.25, -0.2) is 9.07 Å². The minimum absolute atomic E-state index is 0.230. The van der Waals surface area contributed by atoms with Gasteiger partial charge in [0.2, 0.25) is 0 Å². The second kappa shape index (κ2) is 11.8. The summed E-state index contributed by atoms with van der Waals surface area (Å²) in [6.45, 7) is 15.7. The number of benzene rings is 2. The topological polar surface area (TPSA) is 27.5 Å². The monoisotopic (exact) mass is 477 g/mol. The molecule has 0 radical (unpaired) electrons. The van der Waals surface area contributed by atoms with Crippen LogP contribution in [0.2, 0.25) is 0 Å². The van der Waals surface area contributed by atoms with Crippen LogP contribution in [-0.4, -0.2) is 58.3 Å². The van der Waals surface area contributed by atoms with Gasteiger partial charge < -0.3 is 9.80 Å². The Morgan fingerprint density at radius 3 is 2.31 bits per heavy atom. The molecule has 0 amide bonds. The predicted octanol–water partition coefficient (Wildman–Crippen LogP) is 5.52. The number of hydrogen-bond donors (Lipinski definition) is 0. The fourth-order valence-corrected chi connectivity index (χ4v) is 4.92. The first-order valence-electron chi connectivity index (χ1n) is 13.1. The molecule has 0 atom stereocenters. The number of likely N-dealkylation sites (N-methyl/N-ethyl adjacent to an activating group) is 1. The molecule has 1 aliphatic heterocycles. The number of hydrogen-bond acceptors (Lipinski definition) is 4. The van der Waals surface area contributed by atoms with Crippen LogP contribution in [0.1, 0.15) is 50.9 Å². The predicted molar refractivity (Wildman–Crippen MR) is 143 cm³/mol. The molecule has 0 unspecified atom stereocenters. The zero-order valence-corrected chi connectivity index (χ0v) is 21.8. The lowest BCUT2D eigenvalue weighted by Crippen LogP contribution is -2.47. The van der Waals surface area contributed by atoms with E-state index in [9.17, 15) is 4.39 Å². The van der Waals surface area contributed by atoms with E-state index in [0.29, 0.717) is 6.04 Å². The molecule has 0 spiro atoms. The third-order valence-electron chi connectivity index (χ3n) is 7.02. The number of rotatable bonds is 10. The molecule has 3 aromatic rings. The minimum Gasteiger partial charge on any atom is -0.354 e. The van der Waals surface area contributed by atoms with Crippen molar-refractivity contribution in [2.75, 3.05) is 37.6 Å². The highest BCUT2D eigenvalue weighted by atomic mass is 19.1. The van der Waals surface area contributed by atoms with Crippen LogP contribution in [0.25, 0.3) is 5.69 Å². The third-order valence-corrected chi connectivity index (χ3v) is 7.02. The molecule has 35 heavy (non-hydrogen) atoms. The quantitative estimate of drug-likeness (QED) is 0.384. The molecular formula is C29H40FN5. The van der Waals surface area contributed by atoms with Gasteiger partial charge in [-0.2, -0.15) is 5.10 Å². The number of anilines is 1. The standard InChI is InChI=1S/C29H40FN5/c1-5-11-28-27(22-34(23(3)4)21-24-12-8-7-9-13-24)29(33-18-16-32(6-2)17-19-33)35(31-28)26-15-10-14-25(30)20-26/h7-10,12-15,20,23H,5-6,11,16-19,21-22H2,1-4H3. The fourth-order valence-electron chi connectivity index (χ4n) is 4.92. The zero-order chi connectivity index (χ0) is 24.8. The molecule has 1 aromatic heterocycles. The Hall–Kier alpha value is -2.70. The van der Waals surface area contributed by atoms with Gasteiger partial charge in [0.1, 0.15) is 11.6 Å². The van der Waals surface area contributed by atoms with E-state index in [1.807, 2.05) is 10.7 Å². The van der Waals surface area contributed by atoms with Gasteiger partial charge in [0.15, 0.2) is 0 Å². The van der Waals surface area contributed by atoms with Gasteiger partial charge in [-0.05, 0) is 50.6 Å². The smallest absolute Gasteiger partial charge is 0.137 e. The highest BCUT2D eigenvalue weighted by Crippen LogP contribution is 2.32. The molecule has 188 valence electrons. The summed E-state index contributed by atoms with van der Waals surface area (Å²) in [4.78, 5) is 7.48. The maximum absolute atomic E-state index is 14.3. The molecule has 2 aromatic carbocycles. The zero-order valence-electron chi connectivity index (χ0n) is 21.8. The third kappa shape index (κ3) is 6.11. The summed E-state index contributed by atoms with van der Waals surface area (Å²) < 4.78 is 16.3. The van der Waals surface area contributed by atoms with Crippen molar-refractivity contribution in [3.05, 3.63) is 77.2 Å². The van der Waals surface area contributed by atoms with Crippen molar-refractivity contribution in [2.24, 2.45) is 0 Å². The Bertz CT molecular complexity index is 1070. The molecule has 0 saturated carbocycles. The summed E-state index contributed by atoms with van der Waals surface area (Å²) in [7, 11) is 0. The molecular weight excluding hydrogens is 437 g/mol. The molecule has 0 aliphatic carbocycles. The van der Waals surface area contributed by atoms with Crippen molar-refractivity contribution in [1.82, 2.24) is 19.6 Å². The van der Waals surface area contributed by atoms with Crippen LogP contribution in [0.5, 0.6) is 0 Å². The Balaban J connectivity index is 1.77. The summed E-state index contributed by atoms with van der Waals surface area (Å²) in [6.07, 6.45) is 1.94. The van der Waals surface area contributed by atoms with Gasteiger partial charge in [-0.1, -0.05) is 56.7 Å². The van der Waals surface area contributed by atoms with Crippen molar-refractivity contribution in [3.63, 3.8) is 0 Å². The van der Waals surface area contributed by atoms with Gasteiger partial charge in [-0.15, -0.1) is 0 Å². The van der Waals surface area contributed by atoms with Crippen LogP contribution in [0, 0.1) is 5.82 Å². The number of aromatic nitrogens is 2. The van der Waals surface area contributed by atoms with Crippen molar-refractivity contribution >= 4 is 5.82 Å². The summed E-state index contributed by atoms with van der Waals surface area (Å²) in [6, 6.07) is 17.9. The van der Waals surface area contributed by atoms with Crippen LogP contribution >= 0.6 is 0 Å². The summed E-state index contributed by atoms with van der Waals surface area (Å²) in [5.41, 5.74) is 4.52. The van der Waals surface area contributed by atoms with E-state index in [1.165, 1.54) is 17.2 Å². The Kier molecular flexibility index (Phi) is 8.58. The van der Waals surface area contributed by atoms with E-state index in [4.69, 9.17) is 5.10 Å². The van der Waals surface area contributed by atoms with Crippen LogP contribution in [0.4, 0.5) is 10.2 Å². The molecule has 4 rings (SSSR count). The first-order valence-corrected chi connectivity index (χ1v) is 13.1. The second-order valence-corrected chi connectivity index (χ2v) is 9.80. The van der Waals surface area contributed by atoms with Crippen molar-refractivity contribution in [3.8, 4) is 5.69 Å². The Morgan fingerprint density at radius 1 is 0.943 bits per heavy atom. The maximum atomic E-state index is 14.3. The summed E-state index contributed by atoms with van der Waals surface area (Å²) >= 11 is 0. The van der Waals surface area contributed by atoms with Gasteiger partial charge in [-0.3, -0.25) is 4.90 Å². The van der Waals surface area contributed by atoms with Crippen LogP contribution in [0.15, 0.2) is 54.6 Å². The number of aryl methyl sites for hydroxylation is 1. The lowest BCUT2D eigenvalue weighted by Gasteiger charge is -2.37. The average Bonchev–Trinajstić information content (AvgIpc) is 3.22. The largest absolute Gasteiger partial charge is 0.354 e. The molecule has 1 fully saturated rings. The van der Waals surface area contributed by atoms with Gasteiger partial charge in [0, 0.05) is 50.9 Å². The van der Waals surface area contributed by atoms with Gasteiger partial charge in [0.25, 0.3) is 0 Å². The summed E-state index contributed by atoms with van der Waals surface area (Å²) in [5.74, 6) is 0.903. The van der Waals surface area contributed by atoms with E-state index in [-0.39, 0.29) is 5.82 Å². The lowest BCUT2D eigenvalue weighted by molar-refractivity contribution is 0.203. The number of nitrogens with zero attached hydrogens (tertiary/aromatic N) is 5. The lowest BCUT2D eigenvalue weighted by atomic mass is 10.1. The molecule has 1 aliphatic rings. The average molecular weight is 478 g/mol. The van der Waals surface area contributed by atoms with Crippen molar-refractivity contribution < 1.29 is 4.39 Å². The number of halogens is 1. The van der Waals surface area contributed by atoms with Crippen LogP contribution < -0.4 is 4.90 Å². The van der Waals surface area contributed by atoms with Crippen molar-refractivity contribution in [2.45, 2.75) is 59.7 Å². The Morgan fingerprint density at radius 2 is 1.69 bits per heavy atom. The molecule has 6 heteroatoms. The molecule has 2 heterocycles. The maximum Gasteiger partial charge on any atom is 0.137 e. The first-order chi connectivity index (χ1) is 17.0. The highest BCUT2D eigenvalue weighted by Gasteiger charge is 2.28. The second-order valence-electron chi connectivity index (χ2n) is 9.80. The van der Waals surface area contributed by atoms with E-state index in [1.54, 1.807) is 12.1 Å². The fraction of sp³-hybridized carbons (Fsp3) is 0.483. The van der Waals surface area contributed by atoms with E-state index < -0.39 is 0 Å². The molecule has 1 saturated heterocycles. The number of piperazine rings is 1. The van der Waals surface area contributed by atoms with E-state index in [0.717, 1.165) is 75.9 Å². The summed E-state index contributed by atoms with van der Waals surface area (Å²) in [5, 5.41) is 5.11. The first kappa shape index (κ1) is 25.4. The van der Waals surface area contributed by atoms with E-state index >= 15 is 0 Å². The van der Waals surface area contributed by atoms with Crippen molar-refractivity contribution in [1.29, 1.82) is 0 Å². The van der Waals surface area contributed by atoms with Gasteiger partial charge >= 0.3 is 0 Å². The highest BCUT2D eigenvalue weighted by molar-refractivity contribution is 5.56. The minimum atomic E-state index is -0.230. The van der Waals surface area contributed by atoms with Crippen LogP contribution in [-0.2, 0) is 19.5 Å². The normalized spacial score (nSPS) is 14.9. The van der Waals surface area contributed by atoms with Gasteiger partial charge in [0.05, 0.1) is 11.4 Å². The molecule has 0 bridgehead atoms. The van der Waals surface area contributed by atoms with Crippen LogP contribution in [0.3, 0.4) is 0 Å².